The summed E-state index contributed by atoms with van der Waals surface area (Å²) in [7, 11) is 0. The number of hydrogen-bond acceptors (Lipinski definition) is 2. The highest BCUT2D eigenvalue weighted by atomic mass is 79.9. The van der Waals surface area contributed by atoms with Crippen molar-refractivity contribution in [2.75, 3.05) is 0 Å². The molecule has 3 aromatic rings. The lowest BCUT2D eigenvalue weighted by molar-refractivity contribution is -0.143. The molecule has 0 N–H and O–H groups in total. The van der Waals surface area contributed by atoms with E-state index in [4.69, 9.17) is 0 Å². The fourth-order valence-electron chi connectivity index (χ4n) is 2.61. The third kappa shape index (κ3) is 3.85. The number of fused-ring (bicyclic) bond motifs is 1. The summed E-state index contributed by atoms with van der Waals surface area (Å²) in [6, 6.07) is 6.04. The summed E-state index contributed by atoms with van der Waals surface area (Å²) in [6.07, 6.45) is -9.24. The van der Waals surface area contributed by atoms with Gasteiger partial charge in [-0.3, -0.25) is 9.48 Å². The van der Waals surface area contributed by atoms with Crippen LogP contribution in [0.15, 0.2) is 41.0 Å². The number of alkyl halides is 6. The Morgan fingerprint density at radius 3 is 2.30 bits per heavy atom. The van der Waals surface area contributed by atoms with Gasteiger partial charge >= 0.3 is 12.4 Å². The zero-order valence-corrected chi connectivity index (χ0v) is 14.8. The number of rotatable bonds is 3. The van der Waals surface area contributed by atoms with E-state index in [0.717, 1.165) is 6.07 Å². The maximum absolute atomic E-state index is 13.3. The smallest absolute Gasteiger partial charge is 0.298 e. The van der Waals surface area contributed by atoms with Crippen LogP contribution >= 0.6 is 15.9 Å². The molecule has 0 aliphatic carbocycles. The van der Waals surface area contributed by atoms with Crippen LogP contribution in [0.3, 0.4) is 0 Å². The normalized spacial score (nSPS) is 12.6. The average Bonchev–Trinajstić information content (AvgIpc) is 2.88. The zero-order valence-electron chi connectivity index (χ0n) is 13.2. The van der Waals surface area contributed by atoms with Crippen molar-refractivity contribution >= 4 is 33.1 Å². The molecule has 1 aromatic heterocycles. The molecule has 0 spiro atoms. The number of carbonyl (C=O) groups excluding carboxylic acids is 1. The summed E-state index contributed by atoms with van der Waals surface area (Å²) < 4.78 is 79.7. The Balaban J connectivity index is 2.08. The van der Waals surface area contributed by atoms with Gasteiger partial charge in [0.2, 0.25) is 0 Å². The molecule has 3 nitrogen and oxygen atoms in total. The van der Waals surface area contributed by atoms with E-state index in [1.54, 1.807) is 6.07 Å². The second-order valence-electron chi connectivity index (χ2n) is 5.71. The zero-order chi connectivity index (χ0) is 20.0. The Kier molecular flexibility index (Phi) is 4.79. The van der Waals surface area contributed by atoms with Crippen molar-refractivity contribution in [3.05, 3.63) is 63.3 Å². The van der Waals surface area contributed by atoms with Gasteiger partial charge in [0, 0.05) is 10.9 Å². The highest BCUT2D eigenvalue weighted by Gasteiger charge is 2.38. The molecule has 1 heterocycles. The van der Waals surface area contributed by atoms with Crippen molar-refractivity contribution in [2.24, 2.45) is 0 Å². The number of aldehydes is 1. The summed E-state index contributed by atoms with van der Waals surface area (Å²) in [5.74, 6) is 0. The van der Waals surface area contributed by atoms with Crippen LogP contribution in [0.5, 0.6) is 0 Å². The first-order valence-electron chi connectivity index (χ1n) is 7.39. The number of halogens is 7. The van der Waals surface area contributed by atoms with Crippen LogP contribution in [-0.4, -0.2) is 16.1 Å². The van der Waals surface area contributed by atoms with Crippen molar-refractivity contribution in [2.45, 2.75) is 18.9 Å². The van der Waals surface area contributed by atoms with E-state index in [9.17, 15) is 31.1 Å². The van der Waals surface area contributed by atoms with Gasteiger partial charge in [-0.05, 0) is 45.8 Å². The first-order valence-corrected chi connectivity index (χ1v) is 8.18. The van der Waals surface area contributed by atoms with E-state index in [1.807, 2.05) is 0 Å². The molecule has 0 amide bonds. The minimum atomic E-state index is -4.96. The maximum Gasteiger partial charge on any atom is 0.416 e. The number of hydrogen-bond donors (Lipinski definition) is 0. The molecule has 0 saturated heterocycles. The average molecular weight is 451 g/mol. The van der Waals surface area contributed by atoms with Crippen molar-refractivity contribution in [1.82, 2.24) is 9.78 Å². The van der Waals surface area contributed by atoms with Crippen LogP contribution < -0.4 is 0 Å². The Morgan fingerprint density at radius 1 is 1.00 bits per heavy atom. The van der Waals surface area contributed by atoms with Gasteiger partial charge in [0.15, 0.2) is 0 Å². The molecule has 27 heavy (non-hydrogen) atoms. The molecule has 2 aromatic carbocycles. The Morgan fingerprint density at radius 2 is 1.70 bits per heavy atom. The van der Waals surface area contributed by atoms with Crippen molar-refractivity contribution in [3.63, 3.8) is 0 Å². The number of benzene rings is 2. The van der Waals surface area contributed by atoms with Gasteiger partial charge in [-0.15, -0.1) is 0 Å². The molecule has 0 aliphatic heterocycles. The quantitative estimate of drug-likeness (QED) is 0.379. The predicted molar refractivity (Wildman–Crippen MR) is 88.4 cm³/mol. The lowest BCUT2D eigenvalue weighted by Gasteiger charge is -2.16. The van der Waals surface area contributed by atoms with E-state index in [0.29, 0.717) is 33.4 Å². The van der Waals surface area contributed by atoms with E-state index < -0.39 is 30.0 Å². The lowest BCUT2D eigenvalue weighted by atomic mass is 10.0. The standard InChI is InChI=1S/C17H9BrF6N2O/c18-15-12-4-1-9(8-27)5-14(12)25-26(15)7-10-2-3-11(16(19,20)21)6-13(10)17(22,23)24/h1-6,8H,7H2. The summed E-state index contributed by atoms with van der Waals surface area (Å²) in [5, 5.41) is 4.69. The number of carbonyl (C=O) groups is 1. The molecule has 10 heteroatoms. The maximum atomic E-state index is 13.3. The second kappa shape index (κ2) is 6.66. The van der Waals surface area contributed by atoms with Gasteiger partial charge in [0.05, 0.1) is 23.2 Å². The van der Waals surface area contributed by atoms with Gasteiger partial charge in [0.25, 0.3) is 0 Å². The van der Waals surface area contributed by atoms with E-state index >= 15 is 0 Å². The minimum absolute atomic E-state index is 0.0942. The number of nitrogens with zero attached hydrogens (tertiary/aromatic N) is 2. The van der Waals surface area contributed by atoms with E-state index in [-0.39, 0.29) is 11.6 Å². The molecule has 142 valence electrons. The lowest BCUT2D eigenvalue weighted by Crippen LogP contribution is -2.15. The van der Waals surface area contributed by atoms with Crippen molar-refractivity contribution in [1.29, 1.82) is 0 Å². The molecule has 3 rings (SSSR count). The molecule has 0 atom stereocenters. The molecule has 0 saturated carbocycles. The third-order valence-electron chi connectivity index (χ3n) is 3.90. The van der Waals surface area contributed by atoms with Gasteiger partial charge in [-0.2, -0.15) is 31.4 Å². The van der Waals surface area contributed by atoms with Crippen LogP contribution in [-0.2, 0) is 18.9 Å². The summed E-state index contributed by atoms with van der Waals surface area (Å²) in [5.41, 5.74) is -2.41. The number of aromatic nitrogens is 2. The topological polar surface area (TPSA) is 34.9 Å². The van der Waals surface area contributed by atoms with E-state index in [2.05, 4.69) is 21.0 Å². The molecule has 0 aliphatic rings. The van der Waals surface area contributed by atoms with Crippen LogP contribution in [0.2, 0.25) is 0 Å². The fourth-order valence-corrected chi connectivity index (χ4v) is 3.15. The van der Waals surface area contributed by atoms with Crippen molar-refractivity contribution in [3.8, 4) is 0 Å². The largest absolute Gasteiger partial charge is 0.416 e. The first kappa shape index (κ1) is 19.4. The highest BCUT2D eigenvalue weighted by Crippen LogP contribution is 2.38. The van der Waals surface area contributed by atoms with Gasteiger partial charge in [-0.1, -0.05) is 12.1 Å². The Hall–Kier alpha value is -2.36. The van der Waals surface area contributed by atoms with Gasteiger partial charge in [-0.25, -0.2) is 0 Å². The Labute approximate surface area is 156 Å². The molecule has 0 unspecified atom stereocenters. The molecule has 0 fully saturated rings. The van der Waals surface area contributed by atoms with Crippen LogP contribution in [0.25, 0.3) is 10.9 Å². The minimum Gasteiger partial charge on any atom is -0.298 e. The monoisotopic (exact) mass is 450 g/mol. The Bertz CT molecular complexity index is 1020. The van der Waals surface area contributed by atoms with Crippen molar-refractivity contribution < 1.29 is 31.1 Å². The van der Waals surface area contributed by atoms with Gasteiger partial charge < -0.3 is 0 Å². The van der Waals surface area contributed by atoms with Gasteiger partial charge in [0.1, 0.15) is 10.9 Å². The molecular weight excluding hydrogens is 442 g/mol. The fraction of sp³-hybridized carbons (Fsp3) is 0.176. The van der Waals surface area contributed by atoms with Crippen LogP contribution in [0.1, 0.15) is 27.0 Å². The SMILES string of the molecule is O=Cc1ccc2c(Br)n(Cc3ccc(C(F)(F)F)cc3C(F)(F)F)nc2c1. The van der Waals surface area contributed by atoms with Crippen LogP contribution in [0.4, 0.5) is 26.3 Å². The summed E-state index contributed by atoms with van der Waals surface area (Å²) in [4.78, 5) is 10.8. The van der Waals surface area contributed by atoms with E-state index in [1.165, 1.54) is 16.8 Å². The first-order chi connectivity index (χ1) is 12.5. The molecule has 0 bridgehead atoms. The summed E-state index contributed by atoms with van der Waals surface area (Å²) >= 11 is 3.23. The van der Waals surface area contributed by atoms with Crippen LogP contribution in [0, 0.1) is 0 Å². The third-order valence-corrected chi connectivity index (χ3v) is 4.73. The summed E-state index contributed by atoms with van der Waals surface area (Å²) in [6.45, 7) is -0.404. The molecular formula is C17H9BrF6N2O. The highest BCUT2D eigenvalue weighted by molar-refractivity contribution is 9.10. The molecule has 0 radical (unpaired) electrons. The second-order valence-corrected chi connectivity index (χ2v) is 6.46. The predicted octanol–water partition coefficient (Wildman–Crippen LogP) is 5.70.